The van der Waals surface area contributed by atoms with Crippen molar-refractivity contribution in [2.75, 3.05) is 36.1 Å². The summed E-state index contributed by atoms with van der Waals surface area (Å²) in [5, 5.41) is 4.24. The molecule has 0 saturated carbocycles. The molecular weight excluding hydrogens is 468 g/mol. The van der Waals surface area contributed by atoms with Crippen molar-refractivity contribution in [3.05, 3.63) is 102 Å². The molecule has 5 heterocycles. The van der Waals surface area contributed by atoms with E-state index in [0.29, 0.717) is 5.11 Å². The lowest BCUT2D eigenvalue weighted by Gasteiger charge is -2.31. The van der Waals surface area contributed by atoms with Gasteiger partial charge < -0.3 is 24.4 Å². The Hall–Kier alpha value is -3.75. The molecule has 4 aromatic rings. The molecule has 2 aliphatic heterocycles. The number of aryl methyl sites for hydroxylation is 1. The number of rotatable bonds is 5. The van der Waals surface area contributed by atoms with E-state index in [0.717, 1.165) is 54.8 Å². The Morgan fingerprint density at radius 3 is 2.44 bits per heavy atom. The van der Waals surface area contributed by atoms with Crippen LogP contribution in [0.5, 0.6) is 0 Å². The van der Waals surface area contributed by atoms with Gasteiger partial charge in [0.25, 0.3) is 0 Å². The molecule has 2 saturated heterocycles. The Bertz CT molecular complexity index is 1330. The average molecular weight is 497 g/mol. The third kappa shape index (κ3) is 4.23. The van der Waals surface area contributed by atoms with Crippen LogP contribution < -0.4 is 15.1 Å². The number of hydrogen-bond acceptors (Lipinski definition) is 5. The third-order valence-corrected chi connectivity index (χ3v) is 7.14. The zero-order chi connectivity index (χ0) is 24.5. The largest absolute Gasteiger partial charge is 0.378 e. The zero-order valence-corrected chi connectivity index (χ0v) is 20.9. The summed E-state index contributed by atoms with van der Waals surface area (Å²) in [5.74, 6) is 0.876. The van der Waals surface area contributed by atoms with Crippen molar-refractivity contribution in [2.45, 2.75) is 19.0 Å². The van der Waals surface area contributed by atoms with E-state index in [4.69, 9.17) is 21.9 Å². The van der Waals surface area contributed by atoms with Crippen LogP contribution >= 0.6 is 12.2 Å². The highest BCUT2D eigenvalue weighted by molar-refractivity contribution is 7.80. The maximum Gasteiger partial charge on any atom is 0.174 e. The molecule has 2 fully saturated rings. The molecule has 7 nitrogen and oxygen atoms in total. The monoisotopic (exact) mass is 496 g/mol. The summed E-state index contributed by atoms with van der Waals surface area (Å²) in [5.41, 5.74) is 5.40. The van der Waals surface area contributed by atoms with Crippen molar-refractivity contribution >= 4 is 28.7 Å². The van der Waals surface area contributed by atoms with Gasteiger partial charge in [-0.05, 0) is 79.3 Å². The summed E-state index contributed by atoms with van der Waals surface area (Å²) < 4.78 is 7.66. The molecule has 2 aliphatic rings. The molecule has 1 aromatic carbocycles. The van der Waals surface area contributed by atoms with E-state index in [9.17, 15) is 0 Å². The molecule has 0 amide bonds. The molecule has 0 radical (unpaired) electrons. The highest BCUT2D eigenvalue weighted by Crippen LogP contribution is 2.42. The van der Waals surface area contributed by atoms with E-state index in [2.05, 4.69) is 85.5 Å². The van der Waals surface area contributed by atoms with E-state index in [1.807, 2.05) is 31.5 Å². The van der Waals surface area contributed by atoms with Crippen molar-refractivity contribution in [1.29, 1.82) is 0 Å². The highest BCUT2D eigenvalue weighted by atomic mass is 32.1. The van der Waals surface area contributed by atoms with Gasteiger partial charge in [-0.2, -0.15) is 0 Å². The van der Waals surface area contributed by atoms with E-state index in [1.54, 1.807) is 0 Å². The predicted octanol–water partition coefficient (Wildman–Crippen LogP) is 4.59. The lowest BCUT2D eigenvalue weighted by Crippen LogP contribution is -2.36. The molecule has 182 valence electrons. The van der Waals surface area contributed by atoms with Gasteiger partial charge in [-0.15, -0.1) is 0 Å². The Balaban J connectivity index is 1.41. The first-order valence-electron chi connectivity index (χ1n) is 12.2. The molecule has 0 bridgehead atoms. The van der Waals surface area contributed by atoms with Crippen LogP contribution in [-0.2, 0) is 4.74 Å². The summed E-state index contributed by atoms with van der Waals surface area (Å²) in [7, 11) is 0. The van der Waals surface area contributed by atoms with Crippen LogP contribution in [0.3, 0.4) is 0 Å². The third-order valence-electron chi connectivity index (χ3n) is 6.83. The van der Waals surface area contributed by atoms with Gasteiger partial charge in [0.2, 0.25) is 0 Å². The standard InChI is InChI=1S/C28H28N6OS/c1-20-7-12-25(30-19-20)33-14-4-6-24(33)27-26(23-5-2-3-13-29-23)31-28(36)34(27)22-10-8-21(9-11-22)32-15-17-35-18-16-32/h2-14,19,26-27H,15-18H2,1H3,(H,31,36)/t26-,27-/m0/s1. The van der Waals surface area contributed by atoms with Crippen LogP contribution in [0, 0.1) is 6.92 Å². The molecule has 36 heavy (non-hydrogen) atoms. The smallest absolute Gasteiger partial charge is 0.174 e. The van der Waals surface area contributed by atoms with Gasteiger partial charge in [0.05, 0.1) is 24.9 Å². The second kappa shape index (κ2) is 9.72. The lowest BCUT2D eigenvalue weighted by molar-refractivity contribution is 0.122. The summed E-state index contributed by atoms with van der Waals surface area (Å²) in [6.07, 6.45) is 5.79. The zero-order valence-electron chi connectivity index (χ0n) is 20.1. The van der Waals surface area contributed by atoms with Gasteiger partial charge in [0.15, 0.2) is 5.11 Å². The molecule has 1 N–H and O–H groups in total. The number of benzene rings is 1. The maximum atomic E-state index is 5.92. The van der Waals surface area contributed by atoms with Gasteiger partial charge in [0.1, 0.15) is 11.9 Å². The lowest BCUT2D eigenvalue weighted by atomic mass is 10.0. The molecule has 2 atom stereocenters. The predicted molar refractivity (Wildman–Crippen MR) is 146 cm³/mol. The number of thiocarbonyl (C=S) groups is 1. The van der Waals surface area contributed by atoms with E-state index in [-0.39, 0.29) is 12.1 Å². The minimum atomic E-state index is -0.114. The molecule has 0 unspecified atom stereocenters. The van der Waals surface area contributed by atoms with Crippen molar-refractivity contribution in [3.8, 4) is 5.82 Å². The molecule has 3 aromatic heterocycles. The van der Waals surface area contributed by atoms with Crippen molar-refractivity contribution in [3.63, 3.8) is 0 Å². The Morgan fingerprint density at radius 1 is 0.917 bits per heavy atom. The fraction of sp³-hybridized carbons (Fsp3) is 0.250. The van der Waals surface area contributed by atoms with Crippen molar-refractivity contribution in [1.82, 2.24) is 19.9 Å². The van der Waals surface area contributed by atoms with Gasteiger partial charge in [-0.25, -0.2) is 4.98 Å². The summed E-state index contributed by atoms with van der Waals surface area (Å²) in [4.78, 5) is 13.9. The quantitative estimate of drug-likeness (QED) is 0.406. The van der Waals surface area contributed by atoms with Gasteiger partial charge in [-0.1, -0.05) is 12.1 Å². The minimum Gasteiger partial charge on any atom is -0.378 e. The summed E-state index contributed by atoms with van der Waals surface area (Å²) >= 11 is 5.92. The number of nitrogens with zero attached hydrogens (tertiary/aromatic N) is 5. The Morgan fingerprint density at radius 2 is 1.72 bits per heavy atom. The maximum absolute atomic E-state index is 5.92. The SMILES string of the molecule is Cc1ccc(-n2cccc2[C@H]2[C@H](c3ccccn3)NC(=S)N2c2ccc(N3CCOCC3)cc2)nc1. The number of pyridine rings is 2. The highest BCUT2D eigenvalue weighted by Gasteiger charge is 2.42. The molecule has 0 spiro atoms. The first-order valence-corrected chi connectivity index (χ1v) is 12.6. The number of hydrogen-bond donors (Lipinski definition) is 1. The second-order valence-electron chi connectivity index (χ2n) is 9.11. The van der Waals surface area contributed by atoms with Crippen LogP contribution in [0.15, 0.2) is 85.3 Å². The molecular formula is C28H28N6OS. The number of anilines is 2. The van der Waals surface area contributed by atoms with E-state index < -0.39 is 0 Å². The molecule has 0 aliphatic carbocycles. The van der Waals surface area contributed by atoms with Crippen LogP contribution in [0.4, 0.5) is 11.4 Å². The van der Waals surface area contributed by atoms with Crippen LogP contribution in [-0.4, -0.2) is 46.0 Å². The number of ether oxygens (including phenoxy) is 1. The van der Waals surface area contributed by atoms with Crippen LogP contribution in [0.25, 0.3) is 5.82 Å². The molecule has 6 rings (SSSR count). The van der Waals surface area contributed by atoms with Crippen molar-refractivity contribution < 1.29 is 4.74 Å². The van der Waals surface area contributed by atoms with Gasteiger partial charge in [-0.3, -0.25) is 4.98 Å². The first kappa shape index (κ1) is 22.7. The number of morpholine rings is 1. The van der Waals surface area contributed by atoms with E-state index >= 15 is 0 Å². The fourth-order valence-corrected chi connectivity index (χ4v) is 5.37. The normalized spacial score (nSPS) is 20.0. The topological polar surface area (TPSA) is 58.5 Å². The number of aromatic nitrogens is 3. The fourth-order valence-electron chi connectivity index (χ4n) is 5.03. The van der Waals surface area contributed by atoms with Gasteiger partial charge in [0, 0.05) is 48.7 Å². The summed E-state index contributed by atoms with van der Waals surface area (Å²) in [6, 6.07) is 22.8. The summed E-state index contributed by atoms with van der Waals surface area (Å²) in [6.45, 7) is 5.39. The Kier molecular flexibility index (Phi) is 6.13. The second-order valence-corrected chi connectivity index (χ2v) is 9.50. The van der Waals surface area contributed by atoms with Crippen molar-refractivity contribution in [2.24, 2.45) is 0 Å². The number of nitrogens with one attached hydrogen (secondary N) is 1. The van der Waals surface area contributed by atoms with Crippen LogP contribution in [0.1, 0.15) is 29.0 Å². The van der Waals surface area contributed by atoms with Gasteiger partial charge >= 0.3 is 0 Å². The van der Waals surface area contributed by atoms with Crippen LogP contribution in [0.2, 0.25) is 0 Å². The average Bonchev–Trinajstić information content (AvgIpc) is 3.54. The molecule has 8 heteroatoms. The minimum absolute atomic E-state index is 0.111. The first-order chi connectivity index (χ1) is 17.7. The van der Waals surface area contributed by atoms with E-state index in [1.165, 1.54) is 5.69 Å². The Labute approximate surface area is 216 Å².